The summed E-state index contributed by atoms with van der Waals surface area (Å²) in [7, 11) is 0. The topological polar surface area (TPSA) is 12.0 Å². The SMILES string of the molecule is CCC(=S)NCCc1ccccc1. The summed E-state index contributed by atoms with van der Waals surface area (Å²) in [4.78, 5) is 0.955. The molecular weight excluding hydrogens is 178 g/mol. The molecule has 0 saturated heterocycles. The predicted molar refractivity (Wildman–Crippen MR) is 61.0 cm³/mol. The van der Waals surface area contributed by atoms with Crippen LogP contribution in [-0.2, 0) is 6.42 Å². The lowest BCUT2D eigenvalue weighted by atomic mass is 10.1. The lowest BCUT2D eigenvalue weighted by Crippen LogP contribution is -2.22. The third kappa shape index (κ3) is 4.04. The quantitative estimate of drug-likeness (QED) is 0.738. The summed E-state index contributed by atoms with van der Waals surface area (Å²) in [5.41, 5.74) is 1.36. The molecule has 13 heavy (non-hydrogen) atoms. The van der Waals surface area contributed by atoms with Crippen molar-refractivity contribution >= 4 is 17.2 Å². The van der Waals surface area contributed by atoms with Crippen LogP contribution < -0.4 is 5.32 Å². The molecule has 0 spiro atoms. The Morgan fingerprint density at radius 1 is 1.31 bits per heavy atom. The Hall–Kier alpha value is -0.890. The number of hydrogen-bond acceptors (Lipinski definition) is 1. The second-order valence-electron chi connectivity index (χ2n) is 2.94. The first kappa shape index (κ1) is 10.2. The van der Waals surface area contributed by atoms with E-state index in [1.165, 1.54) is 5.56 Å². The molecule has 0 aromatic heterocycles. The Morgan fingerprint density at radius 3 is 2.62 bits per heavy atom. The fraction of sp³-hybridized carbons (Fsp3) is 0.364. The van der Waals surface area contributed by atoms with E-state index in [0.29, 0.717) is 0 Å². The van der Waals surface area contributed by atoms with Gasteiger partial charge in [-0.3, -0.25) is 0 Å². The summed E-state index contributed by atoms with van der Waals surface area (Å²) >= 11 is 5.06. The number of hydrogen-bond donors (Lipinski definition) is 1. The second kappa shape index (κ2) is 5.70. The van der Waals surface area contributed by atoms with E-state index >= 15 is 0 Å². The Morgan fingerprint density at radius 2 is 2.00 bits per heavy atom. The maximum atomic E-state index is 5.06. The first-order valence-corrected chi connectivity index (χ1v) is 5.04. The van der Waals surface area contributed by atoms with E-state index in [1.807, 2.05) is 6.07 Å². The van der Waals surface area contributed by atoms with Gasteiger partial charge in [-0.15, -0.1) is 0 Å². The fourth-order valence-electron chi connectivity index (χ4n) is 1.12. The summed E-state index contributed by atoms with van der Waals surface area (Å²) in [6, 6.07) is 10.4. The molecule has 70 valence electrons. The molecule has 0 radical (unpaired) electrons. The van der Waals surface area contributed by atoms with Gasteiger partial charge in [-0.25, -0.2) is 0 Å². The van der Waals surface area contributed by atoms with Crippen LogP contribution in [-0.4, -0.2) is 11.5 Å². The lowest BCUT2D eigenvalue weighted by molar-refractivity contribution is 0.862. The monoisotopic (exact) mass is 193 g/mol. The van der Waals surface area contributed by atoms with Crippen LogP contribution in [0.2, 0.25) is 0 Å². The first-order chi connectivity index (χ1) is 6.33. The van der Waals surface area contributed by atoms with Crippen LogP contribution in [0.1, 0.15) is 18.9 Å². The molecule has 0 atom stereocenters. The van der Waals surface area contributed by atoms with Gasteiger partial charge in [0, 0.05) is 6.54 Å². The number of rotatable bonds is 4. The summed E-state index contributed by atoms with van der Waals surface area (Å²) in [5, 5.41) is 3.21. The van der Waals surface area contributed by atoms with Crippen LogP contribution in [0, 0.1) is 0 Å². The van der Waals surface area contributed by atoms with E-state index < -0.39 is 0 Å². The van der Waals surface area contributed by atoms with Crippen molar-refractivity contribution in [2.45, 2.75) is 19.8 Å². The normalized spacial score (nSPS) is 9.62. The van der Waals surface area contributed by atoms with Crippen LogP contribution in [0.3, 0.4) is 0 Å². The van der Waals surface area contributed by atoms with Crippen molar-refractivity contribution in [2.75, 3.05) is 6.54 Å². The van der Waals surface area contributed by atoms with E-state index in [2.05, 4.69) is 36.5 Å². The Balaban J connectivity index is 2.24. The third-order valence-electron chi connectivity index (χ3n) is 1.90. The molecule has 0 aliphatic rings. The van der Waals surface area contributed by atoms with Crippen LogP contribution in [0.15, 0.2) is 30.3 Å². The zero-order valence-corrected chi connectivity index (χ0v) is 8.73. The van der Waals surface area contributed by atoms with Crippen LogP contribution in [0.5, 0.6) is 0 Å². The molecule has 1 nitrogen and oxygen atoms in total. The number of thiocarbonyl (C=S) groups is 1. The van der Waals surface area contributed by atoms with Gasteiger partial charge in [0.15, 0.2) is 0 Å². The van der Waals surface area contributed by atoms with E-state index in [0.717, 1.165) is 24.4 Å². The van der Waals surface area contributed by atoms with Gasteiger partial charge in [-0.2, -0.15) is 0 Å². The van der Waals surface area contributed by atoms with Gasteiger partial charge in [0.25, 0.3) is 0 Å². The zero-order chi connectivity index (χ0) is 9.52. The van der Waals surface area contributed by atoms with Crippen molar-refractivity contribution < 1.29 is 0 Å². The minimum absolute atomic E-state index is 0.935. The van der Waals surface area contributed by atoms with E-state index in [-0.39, 0.29) is 0 Å². The highest BCUT2D eigenvalue weighted by Gasteiger charge is 1.92. The molecule has 1 aromatic rings. The van der Waals surface area contributed by atoms with Crippen LogP contribution in [0.4, 0.5) is 0 Å². The van der Waals surface area contributed by atoms with E-state index in [4.69, 9.17) is 12.2 Å². The minimum atomic E-state index is 0.935. The summed E-state index contributed by atoms with van der Waals surface area (Å²) in [5.74, 6) is 0. The van der Waals surface area contributed by atoms with Crippen molar-refractivity contribution in [1.82, 2.24) is 5.32 Å². The van der Waals surface area contributed by atoms with Crippen molar-refractivity contribution in [1.29, 1.82) is 0 Å². The fourth-order valence-corrected chi connectivity index (χ4v) is 1.22. The van der Waals surface area contributed by atoms with Crippen LogP contribution in [0.25, 0.3) is 0 Å². The van der Waals surface area contributed by atoms with Gasteiger partial charge < -0.3 is 5.32 Å². The Kier molecular flexibility index (Phi) is 4.47. The first-order valence-electron chi connectivity index (χ1n) is 4.63. The molecule has 0 bridgehead atoms. The summed E-state index contributed by atoms with van der Waals surface area (Å²) in [6.07, 6.45) is 1.98. The van der Waals surface area contributed by atoms with Gasteiger partial charge in [0.2, 0.25) is 0 Å². The number of benzene rings is 1. The molecule has 1 rings (SSSR count). The van der Waals surface area contributed by atoms with Crippen molar-refractivity contribution in [3.8, 4) is 0 Å². The van der Waals surface area contributed by atoms with Gasteiger partial charge in [-0.1, -0.05) is 49.5 Å². The maximum absolute atomic E-state index is 5.06. The largest absolute Gasteiger partial charge is 0.379 e. The highest BCUT2D eigenvalue weighted by molar-refractivity contribution is 7.80. The molecule has 0 amide bonds. The van der Waals surface area contributed by atoms with Crippen molar-refractivity contribution in [3.05, 3.63) is 35.9 Å². The zero-order valence-electron chi connectivity index (χ0n) is 7.92. The molecule has 1 N–H and O–H groups in total. The third-order valence-corrected chi connectivity index (χ3v) is 2.33. The molecule has 0 saturated carbocycles. The summed E-state index contributed by atoms with van der Waals surface area (Å²) < 4.78 is 0. The lowest BCUT2D eigenvalue weighted by Gasteiger charge is -2.05. The molecule has 2 heteroatoms. The smallest absolute Gasteiger partial charge is 0.0750 e. The van der Waals surface area contributed by atoms with Gasteiger partial charge in [-0.05, 0) is 18.4 Å². The standard InChI is InChI=1S/C11H15NS/c1-2-11(13)12-9-8-10-6-4-3-5-7-10/h3-7H,2,8-9H2,1H3,(H,12,13). The van der Waals surface area contributed by atoms with Crippen molar-refractivity contribution in [3.63, 3.8) is 0 Å². The molecule has 0 aliphatic heterocycles. The highest BCUT2D eigenvalue weighted by atomic mass is 32.1. The summed E-state index contributed by atoms with van der Waals surface area (Å²) in [6.45, 7) is 3.01. The maximum Gasteiger partial charge on any atom is 0.0750 e. The Labute approximate surface area is 85.2 Å². The second-order valence-corrected chi connectivity index (χ2v) is 3.43. The molecule has 0 fully saturated rings. The Bertz CT molecular complexity index is 256. The molecule has 0 aliphatic carbocycles. The number of nitrogens with one attached hydrogen (secondary N) is 1. The highest BCUT2D eigenvalue weighted by Crippen LogP contribution is 1.98. The minimum Gasteiger partial charge on any atom is -0.379 e. The molecular formula is C11H15NS. The predicted octanol–water partition coefficient (Wildman–Crippen LogP) is 2.56. The van der Waals surface area contributed by atoms with Crippen molar-refractivity contribution in [2.24, 2.45) is 0 Å². The van der Waals surface area contributed by atoms with Gasteiger partial charge >= 0.3 is 0 Å². The van der Waals surface area contributed by atoms with E-state index in [1.54, 1.807) is 0 Å². The molecule has 1 aromatic carbocycles. The van der Waals surface area contributed by atoms with E-state index in [9.17, 15) is 0 Å². The van der Waals surface area contributed by atoms with Gasteiger partial charge in [0.1, 0.15) is 0 Å². The van der Waals surface area contributed by atoms with Gasteiger partial charge in [0.05, 0.1) is 4.99 Å². The molecule has 0 heterocycles. The average molecular weight is 193 g/mol. The average Bonchev–Trinajstić information content (AvgIpc) is 2.19. The molecule has 0 unspecified atom stereocenters. The van der Waals surface area contributed by atoms with Crippen LogP contribution >= 0.6 is 12.2 Å².